The number of furan rings is 1. The molecular weight excluding hydrogens is 238 g/mol. The minimum Gasteiger partial charge on any atom is -0.493 e. The van der Waals surface area contributed by atoms with Crippen LogP contribution in [0.3, 0.4) is 0 Å². The van der Waals surface area contributed by atoms with Crippen molar-refractivity contribution in [2.24, 2.45) is 5.92 Å². The largest absolute Gasteiger partial charge is 0.493 e. The number of fused-ring (bicyclic) bond motifs is 1. The Bertz CT molecular complexity index is 584. The van der Waals surface area contributed by atoms with Crippen LogP contribution in [0.5, 0.6) is 5.75 Å². The van der Waals surface area contributed by atoms with Crippen molar-refractivity contribution in [3.63, 3.8) is 0 Å². The zero-order chi connectivity index (χ0) is 13.4. The number of rotatable bonds is 5. The van der Waals surface area contributed by atoms with Gasteiger partial charge in [0.2, 0.25) is 0 Å². The molecule has 0 saturated heterocycles. The van der Waals surface area contributed by atoms with E-state index >= 15 is 0 Å². The second kappa shape index (κ2) is 4.89. The zero-order valence-corrected chi connectivity index (χ0v) is 11.8. The summed E-state index contributed by atoms with van der Waals surface area (Å²) >= 11 is 0. The zero-order valence-electron chi connectivity index (χ0n) is 11.8. The lowest BCUT2D eigenvalue weighted by molar-refractivity contribution is 0.390. The molecular formula is C16H21NO2. The van der Waals surface area contributed by atoms with Crippen molar-refractivity contribution >= 4 is 11.0 Å². The van der Waals surface area contributed by atoms with E-state index in [9.17, 15) is 0 Å². The first-order chi connectivity index (χ1) is 9.26. The molecule has 3 heteroatoms. The maximum Gasteiger partial charge on any atom is 0.176 e. The van der Waals surface area contributed by atoms with Crippen molar-refractivity contribution < 1.29 is 9.15 Å². The van der Waals surface area contributed by atoms with Crippen LogP contribution in [0.1, 0.15) is 37.1 Å². The average molecular weight is 259 g/mol. The van der Waals surface area contributed by atoms with Gasteiger partial charge in [0.25, 0.3) is 0 Å². The Morgan fingerprint density at radius 3 is 2.74 bits per heavy atom. The van der Waals surface area contributed by atoms with E-state index in [4.69, 9.17) is 9.15 Å². The first-order valence-corrected chi connectivity index (χ1v) is 7.04. The molecule has 1 N–H and O–H groups in total. The average Bonchev–Trinajstić information content (AvgIpc) is 3.17. The van der Waals surface area contributed by atoms with E-state index in [0.29, 0.717) is 6.04 Å². The Morgan fingerprint density at radius 2 is 2.16 bits per heavy atom. The first kappa shape index (κ1) is 12.5. The maximum absolute atomic E-state index is 6.06. The molecule has 2 aromatic rings. The molecule has 1 aromatic heterocycles. The van der Waals surface area contributed by atoms with Crippen LogP contribution in [-0.4, -0.2) is 14.2 Å². The molecule has 0 radical (unpaired) electrons. The molecule has 102 valence electrons. The van der Waals surface area contributed by atoms with Gasteiger partial charge >= 0.3 is 0 Å². The van der Waals surface area contributed by atoms with Gasteiger partial charge in [-0.3, -0.25) is 0 Å². The lowest BCUT2D eigenvalue weighted by Gasteiger charge is -2.11. The van der Waals surface area contributed by atoms with E-state index in [1.807, 2.05) is 7.05 Å². The Morgan fingerprint density at radius 1 is 1.37 bits per heavy atom. The van der Waals surface area contributed by atoms with Gasteiger partial charge in [0.05, 0.1) is 13.2 Å². The number of aryl methyl sites for hydroxylation is 1. The number of nitrogens with one attached hydrogen (secondary N) is 1. The maximum atomic E-state index is 6.06. The minimum atomic E-state index is 0.335. The van der Waals surface area contributed by atoms with Crippen molar-refractivity contribution in [1.29, 1.82) is 0 Å². The SMILES string of the molecule is CCc1cc(OC)c2oc(C(NC)C3CC3)cc2c1. The number of ether oxygens (including phenoxy) is 1. The van der Waals surface area contributed by atoms with Crippen molar-refractivity contribution in [1.82, 2.24) is 5.32 Å². The highest BCUT2D eigenvalue weighted by atomic mass is 16.5. The highest BCUT2D eigenvalue weighted by Gasteiger charge is 2.33. The van der Waals surface area contributed by atoms with Gasteiger partial charge < -0.3 is 14.5 Å². The second-order valence-corrected chi connectivity index (χ2v) is 5.32. The summed E-state index contributed by atoms with van der Waals surface area (Å²) in [6.45, 7) is 2.15. The molecule has 0 bridgehead atoms. The fraction of sp³-hybridized carbons (Fsp3) is 0.500. The molecule has 1 saturated carbocycles. The van der Waals surface area contributed by atoms with Crippen LogP contribution >= 0.6 is 0 Å². The highest BCUT2D eigenvalue weighted by molar-refractivity contribution is 5.84. The van der Waals surface area contributed by atoms with Crippen LogP contribution < -0.4 is 10.1 Å². The summed E-state index contributed by atoms with van der Waals surface area (Å²) in [5.74, 6) is 2.60. The third-order valence-corrected chi connectivity index (χ3v) is 4.00. The van der Waals surface area contributed by atoms with E-state index in [1.165, 1.54) is 18.4 Å². The van der Waals surface area contributed by atoms with Crippen LogP contribution in [0.15, 0.2) is 22.6 Å². The van der Waals surface area contributed by atoms with Crippen molar-refractivity contribution in [3.05, 3.63) is 29.5 Å². The summed E-state index contributed by atoms with van der Waals surface area (Å²) in [5.41, 5.74) is 2.15. The van der Waals surface area contributed by atoms with Gasteiger partial charge in [0.1, 0.15) is 5.76 Å². The molecule has 1 aliphatic carbocycles. The predicted molar refractivity (Wildman–Crippen MR) is 76.7 cm³/mol. The molecule has 0 spiro atoms. The normalized spacial score (nSPS) is 16.8. The Kier molecular flexibility index (Phi) is 3.23. The Balaban J connectivity index is 2.08. The molecule has 1 aliphatic rings. The monoisotopic (exact) mass is 259 g/mol. The van der Waals surface area contributed by atoms with Crippen molar-refractivity contribution in [2.45, 2.75) is 32.2 Å². The van der Waals surface area contributed by atoms with Gasteiger partial charge in [-0.05, 0) is 56.0 Å². The van der Waals surface area contributed by atoms with Gasteiger partial charge in [0, 0.05) is 5.39 Å². The molecule has 1 unspecified atom stereocenters. The molecule has 1 aromatic carbocycles. The van der Waals surface area contributed by atoms with E-state index in [0.717, 1.165) is 34.8 Å². The first-order valence-electron chi connectivity index (χ1n) is 7.04. The van der Waals surface area contributed by atoms with Gasteiger partial charge in [-0.15, -0.1) is 0 Å². The summed E-state index contributed by atoms with van der Waals surface area (Å²) in [5, 5.41) is 4.52. The Labute approximate surface area is 113 Å². The van der Waals surface area contributed by atoms with Crippen LogP contribution in [0, 0.1) is 5.92 Å². The summed E-state index contributed by atoms with van der Waals surface area (Å²) in [4.78, 5) is 0. The second-order valence-electron chi connectivity index (χ2n) is 5.32. The standard InChI is InChI=1S/C16H21NO2/c1-4-10-7-12-9-13(15(17-2)11-5-6-11)19-16(12)14(8-10)18-3/h7-9,11,15,17H,4-6H2,1-3H3. The highest BCUT2D eigenvalue weighted by Crippen LogP contribution is 2.43. The van der Waals surface area contributed by atoms with Crippen molar-refractivity contribution in [3.8, 4) is 5.75 Å². The van der Waals surface area contributed by atoms with Gasteiger partial charge in [-0.1, -0.05) is 6.92 Å². The van der Waals surface area contributed by atoms with Crippen LogP contribution in [0.25, 0.3) is 11.0 Å². The van der Waals surface area contributed by atoms with Crippen LogP contribution in [0.2, 0.25) is 0 Å². The quantitative estimate of drug-likeness (QED) is 0.889. The molecule has 1 fully saturated rings. The lowest BCUT2D eigenvalue weighted by atomic mass is 10.1. The molecule has 0 aliphatic heterocycles. The van der Waals surface area contributed by atoms with E-state index in [-0.39, 0.29) is 0 Å². The molecule has 0 amide bonds. The lowest BCUT2D eigenvalue weighted by Crippen LogP contribution is -2.17. The van der Waals surface area contributed by atoms with E-state index in [1.54, 1.807) is 7.11 Å². The van der Waals surface area contributed by atoms with Gasteiger partial charge in [-0.25, -0.2) is 0 Å². The van der Waals surface area contributed by atoms with E-state index < -0.39 is 0 Å². The minimum absolute atomic E-state index is 0.335. The number of benzene rings is 1. The molecule has 3 nitrogen and oxygen atoms in total. The smallest absolute Gasteiger partial charge is 0.176 e. The summed E-state index contributed by atoms with van der Waals surface area (Å²) < 4.78 is 11.5. The van der Waals surface area contributed by atoms with Crippen LogP contribution in [0.4, 0.5) is 0 Å². The van der Waals surface area contributed by atoms with Gasteiger partial charge in [0.15, 0.2) is 11.3 Å². The summed E-state index contributed by atoms with van der Waals surface area (Å²) in [7, 11) is 3.71. The van der Waals surface area contributed by atoms with Gasteiger partial charge in [-0.2, -0.15) is 0 Å². The summed E-state index contributed by atoms with van der Waals surface area (Å²) in [6.07, 6.45) is 3.59. The summed E-state index contributed by atoms with van der Waals surface area (Å²) in [6, 6.07) is 6.77. The number of methoxy groups -OCH3 is 1. The van der Waals surface area contributed by atoms with Crippen LogP contribution in [-0.2, 0) is 6.42 Å². The number of hydrogen-bond acceptors (Lipinski definition) is 3. The van der Waals surface area contributed by atoms with E-state index in [2.05, 4.69) is 30.4 Å². The predicted octanol–water partition coefficient (Wildman–Crippen LogP) is 3.67. The fourth-order valence-electron chi connectivity index (χ4n) is 2.75. The molecule has 3 rings (SSSR count). The van der Waals surface area contributed by atoms with Crippen molar-refractivity contribution in [2.75, 3.05) is 14.2 Å². The molecule has 1 atom stereocenters. The third-order valence-electron chi connectivity index (χ3n) is 4.00. The number of hydrogen-bond donors (Lipinski definition) is 1. The third kappa shape index (κ3) is 2.23. The molecule has 19 heavy (non-hydrogen) atoms. The molecule has 1 heterocycles. The Hall–Kier alpha value is -1.48. The fourth-order valence-corrected chi connectivity index (χ4v) is 2.75. The topological polar surface area (TPSA) is 34.4 Å².